The number of ether oxygens (including phenoxy) is 3. The molecule has 2 fully saturated rings. The van der Waals surface area contributed by atoms with Crippen LogP contribution in [-0.2, 0) is 9.47 Å². The van der Waals surface area contributed by atoms with Crippen LogP contribution in [0, 0.1) is 11.3 Å². The minimum atomic E-state index is -0.101. The number of fused-ring (bicyclic) bond motifs is 1. The van der Waals surface area contributed by atoms with Crippen LogP contribution < -0.4 is 10.1 Å². The van der Waals surface area contributed by atoms with Gasteiger partial charge in [-0.2, -0.15) is 5.26 Å². The Morgan fingerprint density at radius 3 is 2.56 bits per heavy atom. The maximum atomic E-state index is 12.6. The maximum absolute atomic E-state index is 12.6. The van der Waals surface area contributed by atoms with Gasteiger partial charge in [0, 0.05) is 69.4 Å². The van der Waals surface area contributed by atoms with Crippen molar-refractivity contribution < 1.29 is 24.8 Å². The number of aromatic nitrogens is 1. The Labute approximate surface area is 240 Å². The summed E-state index contributed by atoms with van der Waals surface area (Å²) in [6.07, 6.45) is 3.41. The van der Waals surface area contributed by atoms with Gasteiger partial charge in [-0.1, -0.05) is 18.2 Å². The van der Waals surface area contributed by atoms with Gasteiger partial charge >= 0.3 is 0 Å². The number of amides is 1. The number of morpholine rings is 1. The first-order valence-corrected chi connectivity index (χ1v) is 14.0. The van der Waals surface area contributed by atoms with E-state index in [0.29, 0.717) is 53.5 Å². The Hall–Kier alpha value is -4.23. The monoisotopic (exact) mass is 554 g/mol. The van der Waals surface area contributed by atoms with E-state index in [0.717, 1.165) is 62.4 Å². The molecule has 4 aromatic rings. The van der Waals surface area contributed by atoms with E-state index in [1.54, 1.807) is 18.3 Å². The normalized spacial score (nSPS) is 16.4. The number of hydrogen-bond donors (Lipinski definition) is 1. The van der Waals surface area contributed by atoms with Crippen molar-refractivity contribution in [2.24, 2.45) is 0 Å². The quantitative estimate of drug-likeness (QED) is 0.328. The van der Waals surface area contributed by atoms with Crippen LogP contribution in [0.5, 0.6) is 5.75 Å². The van der Waals surface area contributed by atoms with E-state index in [9.17, 15) is 10.1 Å². The molecule has 9 nitrogen and oxygen atoms in total. The van der Waals surface area contributed by atoms with Crippen LogP contribution in [0.2, 0.25) is 0 Å². The number of rotatable bonds is 8. The van der Waals surface area contributed by atoms with E-state index < -0.39 is 0 Å². The second-order valence-corrected chi connectivity index (χ2v) is 10.2. The van der Waals surface area contributed by atoms with Gasteiger partial charge in [0.25, 0.3) is 5.91 Å². The summed E-state index contributed by atoms with van der Waals surface area (Å²) in [5.41, 5.74) is 4.95. The number of furan rings is 1. The number of nitrogens with zero attached hydrogens (tertiary/aromatic N) is 3. The van der Waals surface area contributed by atoms with Crippen molar-refractivity contribution in [2.75, 3.05) is 52.6 Å². The first-order valence-electron chi connectivity index (χ1n) is 14.0. The second kappa shape index (κ2) is 12.5. The van der Waals surface area contributed by atoms with Crippen molar-refractivity contribution >= 4 is 17.0 Å². The summed E-state index contributed by atoms with van der Waals surface area (Å²) < 4.78 is 23.2. The van der Waals surface area contributed by atoms with Crippen LogP contribution >= 0.6 is 0 Å². The number of benzene rings is 2. The summed E-state index contributed by atoms with van der Waals surface area (Å²) in [4.78, 5) is 19.4. The standard InChI is InChI=1S/C32H32N4O5.H2/c33-21-25-19-24(5-6-29(25)40-26-8-15-38-16-9-26)27-7-10-34-28-20-30(41-31(27)28)22-1-3-23(4-2-22)32(37)35-11-12-36-13-17-39-18-14-36;/h1-7,10,19-20,26H,8-9,11-18H2,(H,35,37);1H. The lowest BCUT2D eigenvalue weighted by atomic mass is 10.0. The molecule has 0 radical (unpaired) electrons. The van der Waals surface area contributed by atoms with Crippen LogP contribution in [0.1, 0.15) is 30.2 Å². The molecule has 41 heavy (non-hydrogen) atoms. The largest absolute Gasteiger partial charge is 0.489 e. The zero-order chi connectivity index (χ0) is 28.0. The van der Waals surface area contributed by atoms with Gasteiger partial charge in [-0.25, -0.2) is 0 Å². The summed E-state index contributed by atoms with van der Waals surface area (Å²) in [5.74, 6) is 1.13. The van der Waals surface area contributed by atoms with Gasteiger partial charge in [0.05, 0.1) is 32.0 Å². The van der Waals surface area contributed by atoms with E-state index >= 15 is 0 Å². The second-order valence-electron chi connectivity index (χ2n) is 10.2. The highest BCUT2D eigenvalue weighted by molar-refractivity contribution is 5.95. The van der Waals surface area contributed by atoms with Crippen molar-refractivity contribution in [1.29, 1.82) is 5.26 Å². The van der Waals surface area contributed by atoms with E-state index in [4.69, 9.17) is 18.6 Å². The average molecular weight is 555 g/mol. The average Bonchev–Trinajstić information content (AvgIpc) is 3.47. The van der Waals surface area contributed by atoms with Crippen molar-refractivity contribution in [3.63, 3.8) is 0 Å². The fourth-order valence-corrected chi connectivity index (χ4v) is 5.21. The molecule has 2 aliphatic rings. The Bertz CT molecular complexity index is 1550. The molecule has 212 valence electrons. The number of nitrogens with one attached hydrogen (secondary N) is 1. The molecule has 0 saturated carbocycles. The number of pyridine rings is 1. The molecule has 1 N–H and O–H groups in total. The van der Waals surface area contributed by atoms with Gasteiger partial charge in [-0.05, 0) is 35.9 Å². The molecule has 9 heteroatoms. The number of nitriles is 1. The molecule has 4 heterocycles. The molecule has 2 aliphatic heterocycles. The topological polar surface area (TPSA) is 110 Å². The molecule has 1 amide bonds. The third-order valence-electron chi connectivity index (χ3n) is 7.53. The van der Waals surface area contributed by atoms with Crippen molar-refractivity contribution in [3.8, 4) is 34.3 Å². The molecule has 0 spiro atoms. The van der Waals surface area contributed by atoms with Crippen molar-refractivity contribution in [1.82, 2.24) is 15.2 Å². The van der Waals surface area contributed by atoms with Crippen molar-refractivity contribution in [3.05, 3.63) is 71.9 Å². The van der Waals surface area contributed by atoms with Gasteiger partial charge in [-0.15, -0.1) is 0 Å². The third kappa shape index (κ3) is 6.25. The smallest absolute Gasteiger partial charge is 0.251 e. The zero-order valence-electron chi connectivity index (χ0n) is 22.8. The molecule has 2 saturated heterocycles. The lowest BCUT2D eigenvalue weighted by molar-refractivity contribution is 0.0254. The molecule has 2 aromatic heterocycles. The maximum Gasteiger partial charge on any atom is 0.251 e. The van der Waals surface area contributed by atoms with Gasteiger partial charge in [0.1, 0.15) is 29.2 Å². The van der Waals surface area contributed by atoms with E-state index in [2.05, 4.69) is 21.3 Å². The highest BCUT2D eigenvalue weighted by atomic mass is 16.5. The van der Waals surface area contributed by atoms with Crippen LogP contribution in [0.3, 0.4) is 0 Å². The van der Waals surface area contributed by atoms with Crippen LogP contribution in [0.25, 0.3) is 33.6 Å². The predicted octanol–water partition coefficient (Wildman–Crippen LogP) is 4.90. The minimum Gasteiger partial charge on any atom is -0.489 e. The van der Waals surface area contributed by atoms with Gasteiger partial charge in [0.2, 0.25) is 0 Å². The number of hydrogen-bond acceptors (Lipinski definition) is 8. The van der Waals surface area contributed by atoms with Crippen molar-refractivity contribution in [2.45, 2.75) is 18.9 Å². The third-order valence-corrected chi connectivity index (χ3v) is 7.53. The van der Waals surface area contributed by atoms with E-state index in [1.165, 1.54) is 0 Å². The molecule has 0 aliphatic carbocycles. The van der Waals surface area contributed by atoms with Crippen LogP contribution in [0.4, 0.5) is 0 Å². The van der Waals surface area contributed by atoms with Crippen LogP contribution in [0.15, 0.2) is 65.2 Å². The fraction of sp³-hybridized carbons (Fsp3) is 0.344. The molecular formula is C32H34N4O5. The highest BCUT2D eigenvalue weighted by Gasteiger charge is 2.19. The molecule has 0 bridgehead atoms. The number of carbonyl (C=O) groups is 1. The first-order chi connectivity index (χ1) is 20.2. The molecule has 2 aromatic carbocycles. The Balaban J connectivity index is 0.00000353. The summed E-state index contributed by atoms with van der Waals surface area (Å²) in [6.45, 7) is 6.03. The lowest BCUT2D eigenvalue weighted by Gasteiger charge is -2.26. The summed E-state index contributed by atoms with van der Waals surface area (Å²) in [7, 11) is 0. The molecule has 0 unspecified atom stereocenters. The Morgan fingerprint density at radius 2 is 1.78 bits per heavy atom. The van der Waals surface area contributed by atoms with E-state index in [1.807, 2.05) is 42.5 Å². The fourth-order valence-electron chi connectivity index (χ4n) is 5.21. The number of carbonyl (C=O) groups excluding carboxylic acids is 1. The molecule has 6 rings (SSSR count). The first kappa shape index (κ1) is 27.0. The SMILES string of the molecule is N#Cc1cc(-c2ccnc3cc(-c4ccc(C(=O)NCCN5CCOCC5)cc4)oc23)ccc1OC1CCOCC1.[HH]. The van der Waals surface area contributed by atoms with Gasteiger partial charge in [0.15, 0.2) is 5.58 Å². The zero-order valence-corrected chi connectivity index (χ0v) is 22.8. The molecule has 0 atom stereocenters. The summed E-state index contributed by atoms with van der Waals surface area (Å²) >= 11 is 0. The van der Waals surface area contributed by atoms with Gasteiger partial charge in [-0.3, -0.25) is 14.7 Å². The van der Waals surface area contributed by atoms with E-state index in [-0.39, 0.29) is 13.4 Å². The minimum absolute atomic E-state index is 0. The molecular weight excluding hydrogens is 520 g/mol. The van der Waals surface area contributed by atoms with Gasteiger partial charge < -0.3 is 23.9 Å². The van der Waals surface area contributed by atoms with Crippen LogP contribution in [-0.4, -0.2) is 74.5 Å². The summed E-state index contributed by atoms with van der Waals surface area (Å²) in [6, 6.07) is 19.0. The lowest BCUT2D eigenvalue weighted by Crippen LogP contribution is -2.41. The highest BCUT2D eigenvalue weighted by Crippen LogP contribution is 2.35. The predicted molar refractivity (Wildman–Crippen MR) is 156 cm³/mol. The Morgan fingerprint density at radius 1 is 1.02 bits per heavy atom. The summed E-state index contributed by atoms with van der Waals surface area (Å²) in [5, 5.41) is 12.8. The Kier molecular flexibility index (Phi) is 8.23.